The molecule has 0 amide bonds. The minimum atomic E-state index is 0.429. The van der Waals surface area contributed by atoms with Gasteiger partial charge in [0.2, 0.25) is 0 Å². The van der Waals surface area contributed by atoms with Crippen LogP contribution in [0.3, 0.4) is 0 Å². The molecule has 1 atom stereocenters. The molecule has 17 heavy (non-hydrogen) atoms. The van der Waals surface area contributed by atoms with Crippen molar-refractivity contribution in [3.8, 4) is 0 Å². The van der Waals surface area contributed by atoms with Crippen molar-refractivity contribution in [1.82, 2.24) is 4.90 Å². The van der Waals surface area contributed by atoms with E-state index in [1.807, 2.05) is 0 Å². The summed E-state index contributed by atoms with van der Waals surface area (Å²) in [7, 11) is 2.32. The summed E-state index contributed by atoms with van der Waals surface area (Å²) in [4.78, 5) is 2.61. The number of nitrogens with zero attached hydrogens (tertiary/aromatic N) is 1. The first-order chi connectivity index (χ1) is 8.26. The summed E-state index contributed by atoms with van der Waals surface area (Å²) >= 11 is 2.11. The van der Waals surface area contributed by atoms with Crippen LogP contribution in [0.25, 0.3) is 0 Å². The van der Waals surface area contributed by atoms with Crippen molar-refractivity contribution in [3.63, 3.8) is 0 Å². The lowest BCUT2D eigenvalue weighted by molar-refractivity contribution is 0.131. The van der Waals surface area contributed by atoms with Gasteiger partial charge in [-0.1, -0.05) is 25.7 Å². The minimum absolute atomic E-state index is 0.429. The molecule has 100 valence electrons. The average Bonchev–Trinajstić information content (AvgIpc) is 2.78. The van der Waals surface area contributed by atoms with Gasteiger partial charge in [0.1, 0.15) is 0 Å². The molecule has 0 radical (unpaired) electrons. The summed E-state index contributed by atoms with van der Waals surface area (Å²) in [6.45, 7) is 2.12. The summed E-state index contributed by atoms with van der Waals surface area (Å²) in [5, 5.41) is 0. The molecule has 1 saturated heterocycles. The van der Waals surface area contributed by atoms with Gasteiger partial charge in [0.05, 0.1) is 0 Å². The first kappa shape index (κ1) is 13.7. The second-order valence-electron chi connectivity index (χ2n) is 6.05. The summed E-state index contributed by atoms with van der Waals surface area (Å²) in [6, 6.07) is 0.812. The fraction of sp³-hybridized carbons (Fsp3) is 1.00. The van der Waals surface area contributed by atoms with Crippen molar-refractivity contribution in [2.24, 2.45) is 11.1 Å². The van der Waals surface area contributed by atoms with E-state index in [9.17, 15) is 0 Å². The molecular formula is C14H28N2S. The van der Waals surface area contributed by atoms with E-state index in [2.05, 4.69) is 23.7 Å². The summed E-state index contributed by atoms with van der Waals surface area (Å²) in [5.41, 5.74) is 6.55. The molecule has 0 bridgehead atoms. The van der Waals surface area contributed by atoms with E-state index in [4.69, 9.17) is 5.73 Å². The zero-order valence-electron chi connectivity index (χ0n) is 11.3. The zero-order valence-corrected chi connectivity index (χ0v) is 12.1. The number of hydrogen-bond acceptors (Lipinski definition) is 3. The van der Waals surface area contributed by atoms with Crippen molar-refractivity contribution < 1.29 is 0 Å². The van der Waals surface area contributed by atoms with Gasteiger partial charge in [-0.25, -0.2) is 0 Å². The Balaban J connectivity index is 1.92. The highest BCUT2D eigenvalue weighted by Gasteiger charge is 2.33. The highest BCUT2D eigenvalue weighted by atomic mass is 32.2. The van der Waals surface area contributed by atoms with Crippen LogP contribution in [0, 0.1) is 5.41 Å². The van der Waals surface area contributed by atoms with Gasteiger partial charge >= 0.3 is 0 Å². The van der Waals surface area contributed by atoms with Gasteiger partial charge in [0.25, 0.3) is 0 Å². The largest absolute Gasteiger partial charge is 0.330 e. The van der Waals surface area contributed by atoms with E-state index in [0.29, 0.717) is 5.41 Å². The Morgan fingerprint density at radius 1 is 1.24 bits per heavy atom. The summed E-state index contributed by atoms with van der Waals surface area (Å²) < 4.78 is 0. The molecule has 2 N–H and O–H groups in total. The van der Waals surface area contributed by atoms with E-state index < -0.39 is 0 Å². The van der Waals surface area contributed by atoms with E-state index in [-0.39, 0.29) is 0 Å². The van der Waals surface area contributed by atoms with Crippen LogP contribution in [-0.4, -0.2) is 42.6 Å². The molecule has 2 nitrogen and oxygen atoms in total. The predicted octanol–water partition coefficient (Wildman–Crippen LogP) is 2.72. The molecule has 1 aliphatic carbocycles. The Bertz CT molecular complexity index is 218. The van der Waals surface area contributed by atoms with Crippen LogP contribution in [0.2, 0.25) is 0 Å². The monoisotopic (exact) mass is 256 g/mol. The Hall–Kier alpha value is 0.270. The van der Waals surface area contributed by atoms with Gasteiger partial charge in [-0.15, -0.1) is 0 Å². The molecule has 0 aromatic carbocycles. The van der Waals surface area contributed by atoms with E-state index in [0.717, 1.165) is 12.6 Å². The average molecular weight is 256 g/mol. The lowest BCUT2D eigenvalue weighted by atomic mass is 9.79. The highest BCUT2D eigenvalue weighted by Crippen LogP contribution is 2.36. The van der Waals surface area contributed by atoms with Gasteiger partial charge in [-0.2, -0.15) is 11.8 Å². The third-order valence-electron chi connectivity index (χ3n) is 4.71. The Morgan fingerprint density at radius 3 is 2.47 bits per heavy atom. The maximum atomic E-state index is 6.12. The number of rotatable bonds is 4. The summed E-state index contributed by atoms with van der Waals surface area (Å²) in [5.74, 6) is 2.68. The van der Waals surface area contributed by atoms with Gasteiger partial charge in [-0.05, 0) is 44.0 Å². The van der Waals surface area contributed by atoms with E-state index in [1.165, 1.54) is 63.0 Å². The maximum Gasteiger partial charge on any atom is 0.0191 e. The van der Waals surface area contributed by atoms with Gasteiger partial charge < -0.3 is 10.6 Å². The molecule has 1 heterocycles. The zero-order chi connectivity index (χ0) is 12.1. The molecule has 3 heteroatoms. The van der Waals surface area contributed by atoms with Crippen molar-refractivity contribution in [3.05, 3.63) is 0 Å². The quantitative estimate of drug-likeness (QED) is 0.784. The van der Waals surface area contributed by atoms with Crippen LogP contribution >= 0.6 is 11.8 Å². The Labute approximate surface area is 111 Å². The van der Waals surface area contributed by atoms with Crippen molar-refractivity contribution in [1.29, 1.82) is 0 Å². The highest BCUT2D eigenvalue weighted by molar-refractivity contribution is 7.99. The Morgan fingerprint density at radius 2 is 1.94 bits per heavy atom. The van der Waals surface area contributed by atoms with Crippen LogP contribution in [-0.2, 0) is 0 Å². The third-order valence-corrected chi connectivity index (χ3v) is 5.86. The van der Waals surface area contributed by atoms with Crippen LogP contribution in [0.4, 0.5) is 0 Å². The molecule has 1 saturated carbocycles. The van der Waals surface area contributed by atoms with E-state index >= 15 is 0 Å². The smallest absolute Gasteiger partial charge is 0.0191 e. The molecule has 2 aliphatic rings. The molecule has 1 unspecified atom stereocenters. The molecule has 0 aromatic rings. The fourth-order valence-corrected chi connectivity index (χ4v) is 4.73. The predicted molar refractivity (Wildman–Crippen MR) is 77.5 cm³/mol. The molecule has 2 fully saturated rings. The molecule has 0 spiro atoms. The topological polar surface area (TPSA) is 29.3 Å². The SMILES string of the molecule is CN(CC1(CN)CCCCCC1)C1CCSC1. The van der Waals surface area contributed by atoms with Crippen LogP contribution in [0.15, 0.2) is 0 Å². The van der Waals surface area contributed by atoms with Crippen molar-refractivity contribution >= 4 is 11.8 Å². The first-order valence-electron chi connectivity index (χ1n) is 7.24. The first-order valence-corrected chi connectivity index (χ1v) is 8.39. The van der Waals surface area contributed by atoms with Gasteiger partial charge in [0, 0.05) is 18.3 Å². The van der Waals surface area contributed by atoms with Crippen molar-refractivity contribution in [2.45, 2.75) is 51.0 Å². The normalized spacial score (nSPS) is 29.5. The number of nitrogens with two attached hydrogens (primary N) is 1. The second-order valence-corrected chi connectivity index (χ2v) is 7.20. The molecule has 2 rings (SSSR count). The number of thioether (sulfide) groups is 1. The standard InChI is InChI=1S/C14H28N2S/c1-16(13-6-9-17-10-13)12-14(11-15)7-4-2-3-5-8-14/h13H,2-12,15H2,1H3. The molecule has 1 aliphatic heterocycles. The molecule has 0 aromatic heterocycles. The van der Waals surface area contributed by atoms with Crippen LogP contribution in [0.5, 0.6) is 0 Å². The minimum Gasteiger partial charge on any atom is -0.330 e. The van der Waals surface area contributed by atoms with E-state index in [1.54, 1.807) is 0 Å². The van der Waals surface area contributed by atoms with Gasteiger partial charge in [-0.3, -0.25) is 0 Å². The number of hydrogen-bond donors (Lipinski definition) is 1. The fourth-order valence-electron chi connectivity index (χ4n) is 3.43. The van der Waals surface area contributed by atoms with Crippen molar-refractivity contribution in [2.75, 3.05) is 31.6 Å². The summed E-state index contributed by atoms with van der Waals surface area (Å²) in [6.07, 6.45) is 9.72. The third kappa shape index (κ3) is 3.62. The lowest BCUT2D eigenvalue weighted by Gasteiger charge is -2.37. The Kier molecular flexibility index (Phi) is 5.19. The molecular weight excluding hydrogens is 228 g/mol. The van der Waals surface area contributed by atoms with Gasteiger partial charge in [0.15, 0.2) is 0 Å². The van der Waals surface area contributed by atoms with Crippen LogP contribution < -0.4 is 5.73 Å². The maximum absolute atomic E-state index is 6.12. The second kappa shape index (κ2) is 6.44. The lowest BCUT2D eigenvalue weighted by Crippen LogP contribution is -2.44. The van der Waals surface area contributed by atoms with Crippen LogP contribution in [0.1, 0.15) is 44.9 Å².